The van der Waals surface area contributed by atoms with Gasteiger partial charge in [0.05, 0.1) is 7.11 Å². The van der Waals surface area contributed by atoms with Crippen molar-refractivity contribution in [2.45, 2.75) is 11.4 Å². The number of carboxylic acid groups (broad SMARTS) is 1. The molecule has 3 aromatic carbocycles. The number of hydrogen-bond acceptors (Lipinski definition) is 5. The monoisotopic (exact) mass is 411 g/mol. The molecule has 3 aromatic rings. The van der Waals surface area contributed by atoms with Crippen LogP contribution in [0.1, 0.15) is 5.56 Å². The van der Waals surface area contributed by atoms with E-state index in [4.69, 9.17) is 14.6 Å². The zero-order valence-corrected chi connectivity index (χ0v) is 17.4. The predicted molar refractivity (Wildman–Crippen MR) is 118 cm³/mol. The molecule has 0 aliphatic heterocycles. The third-order valence-electron chi connectivity index (χ3n) is 3.91. The van der Waals surface area contributed by atoms with Gasteiger partial charge in [-0.1, -0.05) is 36.4 Å². The second kappa shape index (κ2) is 11.8. The van der Waals surface area contributed by atoms with E-state index in [1.807, 2.05) is 73.8 Å². The number of nitrogens with one attached hydrogen (secondary N) is 1. The van der Waals surface area contributed by atoms with Crippen molar-refractivity contribution in [1.29, 1.82) is 0 Å². The van der Waals surface area contributed by atoms with E-state index in [1.165, 1.54) is 0 Å². The number of methoxy groups -OCH3 is 1. The van der Waals surface area contributed by atoms with Crippen LogP contribution in [0.15, 0.2) is 77.7 Å². The Bertz CT molecular complexity index is 916. The minimum absolute atomic E-state index is 0.373. The lowest BCUT2D eigenvalue weighted by atomic mass is 10.0. The van der Waals surface area contributed by atoms with Crippen molar-refractivity contribution in [3.8, 4) is 22.6 Å². The molecule has 29 heavy (non-hydrogen) atoms. The van der Waals surface area contributed by atoms with Gasteiger partial charge in [-0.15, -0.1) is 12.6 Å². The molecule has 6 heteroatoms. The molecule has 0 unspecified atom stereocenters. The molecule has 0 fully saturated rings. The Morgan fingerprint density at radius 1 is 1.03 bits per heavy atom. The first kappa shape index (κ1) is 22.3. The lowest BCUT2D eigenvalue weighted by molar-refractivity contribution is -0.139. The SMILES string of the molecule is CNCc1ccc(OCC(=O)O)c(-c2cccc(OC)c2)c1.Sc1ccccc1. The number of benzene rings is 3. The van der Waals surface area contributed by atoms with Gasteiger partial charge in [0, 0.05) is 17.0 Å². The summed E-state index contributed by atoms with van der Waals surface area (Å²) in [7, 11) is 3.48. The van der Waals surface area contributed by atoms with Crippen molar-refractivity contribution in [1.82, 2.24) is 5.32 Å². The van der Waals surface area contributed by atoms with E-state index in [0.717, 1.165) is 33.9 Å². The lowest BCUT2D eigenvalue weighted by Crippen LogP contribution is -2.10. The lowest BCUT2D eigenvalue weighted by Gasteiger charge is -2.13. The number of hydrogen-bond donors (Lipinski definition) is 3. The van der Waals surface area contributed by atoms with Gasteiger partial charge in [0.2, 0.25) is 0 Å². The summed E-state index contributed by atoms with van der Waals surface area (Å²) in [5, 5.41) is 11.9. The summed E-state index contributed by atoms with van der Waals surface area (Å²) in [6.07, 6.45) is 0. The minimum atomic E-state index is -1.00. The molecule has 0 atom stereocenters. The van der Waals surface area contributed by atoms with Crippen LogP contribution in [0.4, 0.5) is 0 Å². The Hall–Kier alpha value is -2.96. The fraction of sp³-hybridized carbons (Fsp3) is 0.174. The minimum Gasteiger partial charge on any atom is -0.497 e. The van der Waals surface area contributed by atoms with Crippen LogP contribution in [0.2, 0.25) is 0 Å². The average Bonchev–Trinajstić information content (AvgIpc) is 2.74. The number of rotatable bonds is 7. The van der Waals surface area contributed by atoms with Crippen molar-refractivity contribution in [2.24, 2.45) is 0 Å². The molecule has 2 N–H and O–H groups in total. The number of aliphatic carboxylic acids is 1. The first-order valence-electron chi connectivity index (χ1n) is 9.04. The van der Waals surface area contributed by atoms with Gasteiger partial charge >= 0.3 is 5.97 Å². The third-order valence-corrected chi connectivity index (χ3v) is 4.21. The number of carbonyl (C=O) groups is 1. The Kier molecular flexibility index (Phi) is 9.08. The van der Waals surface area contributed by atoms with Gasteiger partial charge in [-0.2, -0.15) is 0 Å². The second-order valence-corrected chi connectivity index (χ2v) is 6.63. The summed E-state index contributed by atoms with van der Waals surface area (Å²) in [6, 6.07) is 23.1. The fourth-order valence-electron chi connectivity index (χ4n) is 2.60. The Labute approximate surface area is 176 Å². The Morgan fingerprint density at radius 3 is 2.38 bits per heavy atom. The van der Waals surface area contributed by atoms with Crippen LogP contribution >= 0.6 is 12.6 Å². The maximum absolute atomic E-state index is 10.7. The highest BCUT2D eigenvalue weighted by Gasteiger charge is 2.10. The van der Waals surface area contributed by atoms with Crippen LogP contribution in [0.25, 0.3) is 11.1 Å². The molecule has 0 aliphatic carbocycles. The van der Waals surface area contributed by atoms with E-state index >= 15 is 0 Å². The normalized spacial score (nSPS) is 9.90. The second-order valence-electron chi connectivity index (χ2n) is 6.11. The van der Waals surface area contributed by atoms with Crippen molar-refractivity contribution in [2.75, 3.05) is 20.8 Å². The quantitative estimate of drug-likeness (QED) is 0.499. The fourth-order valence-corrected chi connectivity index (χ4v) is 2.77. The molecule has 3 rings (SSSR count). The summed E-state index contributed by atoms with van der Waals surface area (Å²) in [5.74, 6) is 0.270. The third kappa shape index (κ3) is 7.52. The molecule has 0 aliphatic rings. The molecule has 0 heterocycles. The molecule has 0 saturated carbocycles. The van der Waals surface area contributed by atoms with Gasteiger partial charge in [0.1, 0.15) is 11.5 Å². The number of thiol groups is 1. The molecule has 0 amide bonds. The summed E-state index contributed by atoms with van der Waals surface area (Å²) < 4.78 is 10.6. The van der Waals surface area contributed by atoms with Gasteiger partial charge in [-0.05, 0) is 54.6 Å². The van der Waals surface area contributed by atoms with Gasteiger partial charge in [-0.3, -0.25) is 0 Å². The maximum Gasteiger partial charge on any atom is 0.341 e. The van der Waals surface area contributed by atoms with Gasteiger partial charge in [0.25, 0.3) is 0 Å². The molecule has 0 radical (unpaired) electrons. The van der Waals surface area contributed by atoms with Crippen molar-refractivity contribution in [3.05, 3.63) is 78.4 Å². The van der Waals surface area contributed by atoms with Crippen LogP contribution in [-0.4, -0.2) is 31.8 Å². The standard InChI is InChI=1S/C17H19NO4.C6H6S/c1-18-10-12-6-7-16(22-11-17(19)20)15(8-12)13-4-3-5-14(9-13)21-2;7-6-4-2-1-3-5-6/h3-9,18H,10-11H2,1-2H3,(H,19,20);1-5,7H. The summed E-state index contributed by atoms with van der Waals surface area (Å²) in [6.45, 7) is 0.346. The predicted octanol–water partition coefficient (Wildman–Crippen LogP) is 4.52. The van der Waals surface area contributed by atoms with E-state index in [-0.39, 0.29) is 6.61 Å². The van der Waals surface area contributed by atoms with Gasteiger partial charge in [-0.25, -0.2) is 4.79 Å². The molecule has 0 saturated heterocycles. The van der Waals surface area contributed by atoms with Crippen LogP contribution in [0, 0.1) is 0 Å². The Morgan fingerprint density at radius 2 is 1.79 bits per heavy atom. The van der Waals surface area contributed by atoms with Crippen molar-refractivity contribution in [3.63, 3.8) is 0 Å². The average molecular weight is 412 g/mol. The van der Waals surface area contributed by atoms with E-state index in [0.29, 0.717) is 5.75 Å². The maximum atomic E-state index is 10.7. The first-order chi connectivity index (χ1) is 14.0. The molecule has 0 spiro atoms. The Balaban J connectivity index is 0.000000360. The highest BCUT2D eigenvalue weighted by Crippen LogP contribution is 2.33. The summed E-state index contributed by atoms with van der Waals surface area (Å²) in [4.78, 5) is 11.8. The zero-order valence-electron chi connectivity index (χ0n) is 16.5. The van der Waals surface area contributed by atoms with Crippen LogP contribution in [-0.2, 0) is 11.3 Å². The van der Waals surface area contributed by atoms with Gasteiger partial charge in [0.15, 0.2) is 6.61 Å². The molecule has 0 aromatic heterocycles. The molecular weight excluding hydrogens is 386 g/mol. The van der Waals surface area contributed by atoms with Crippen LogP contribution in [0.3, 0.4) is 0 Å². The van der Waals surface area contributed by atoms with Crippen molar-refractivity contribution >= 4 is 18.6 Å². The smallest absolute Gasteiger partial charge is 0.341 e. The topological polar surface area (TPSA) is 67.8 Å². The number of carboxylic acids is 1. The molecule has 0 bridgehead atoms. The van der Waals surface area contributed by atoms with E-state index in [9.17, 15) is 4.79 Å². The molecule has 152 valence electrons. The van der Waals surface area contributed by atoms with Gasteiger partial charge < -0.3 is 19.9 Å². The summed E-state index contributed by atoms with van der Waals surface area (Å²) in [5.41, 5.74) is 2.84. The summed E-state index contributed by atoms with van der Waals surface area (Å²) >= 11 is 4.08. The highest BCUT2D eigenvalue weighted by molar-refractivity contribution is 7.80. The number of ether oxygens (including phenoxy) is 2. The molecule has 5 nitrogen and oxygen atoms in total. The van der Waals surface area contributed by atoms with E-state index in [2.05, 4.69) is 17.9 Å². The van der Waals surface area contributed by atoms with Crippen LogP contribution < -0.4 is 14.8 Å². The van der Waals surface area contributed by atoms with E-state index in [1.54, 1.807) is 13.2 Å². The zero-order chi connectivity index (χ0) is 21.1. The molecular formula is C23H25NO4S. The largest absolute Gasteiger partial charge is 0.497 e. The highest BCUT2D eigenvalue weighted by atomic mass is 32.1. The van der Waals surface area contributed by atoms with E-state index < -0.39 is 5.97 Å². The van der Waals surface area contributed by atoms with Crippen molar-refractivity contribution < 1.29 is 19.4 Å². The first-order valence-corrected chi connectivity index (χ1v) is 9.48. The van der Waals surface area contributed by atoms with Crippen LogP contribution in [0.5, 0.6) is 11.5 Å².